The molecule has 0 radical (unpaired) electrons. The summed E-state index contributed by atoms with van der Waals surface area (Å²) in [5, 5.41) is 4.06. The topological polar surface area (TPSA) is 30.9 Å². The van der Waals surface area contributed by atoms with Gasteiger partial charge in [0.25, 0.3) is 5.82 Å². The average Bonchev–Trinajstić information content (AvgIpc) is 3.16. The molecule has 1 atom stereocenters. The number of fused-ring (bicyclic) bond motifs is 1. The van der Waals surface area contributed by atoms with Crippen molar-refractivity contribution >= 4 is 8.32 Å². The van der Waals surface area contributed by atoms with Crippen molar-refractivity contribution in [3.05, 3.63) is 41.2 Å². The molecule has 2 heterocycles. The Bertz CT molecular complexity index is 894. The average molecular weight is 420 g/mol. The third kappa shape index (κ3) is 3.36. The van der Waals surface area contributed by atoms with Crippen LogP contribution in [0.1, 0.15) is 39.1 Å². The van der Waals surface area contributed by atoms with Crippen LogP contribution in [0, 0.1) is 29.1 Å². The van der Waals surface area contributed by atoms with Crippen molar-refractivity contribution in [2.75, 3.05) is 6.61 Å². The molecule has 4 nitrogen and oxygen atoms in total. The Labute approximate surface area is 161 Å². The lowest BCUT2D eigenvalue weighted by Crippen LogP contribution is -2.45. The van der Waals surface area contributed by atoms with Gasteiger partial charge in [-0.25, -0.2) is 17.7 Å². The maximum Gasteiger partial charge on any atom is 0.278 e. The van der Waals surface area contributed by atoms with Gasteiger partial charge in [-0.3, -0.25) is 0 Å². The molecule has 0 saturated carbocycles. The van der Waals surface area contributed by atoms with Gasteiger partial charge in [0, 0.05) is 11.5 Å². The molecule has 154 valence electrons. The zero-order chi connectivity index (χ0) is 21.0. The van der Waals surface area contributed by atoms with Gasteiger partial charge in [0.15, 0.2) is 8.32 Å². The minimum Gasteiger partial charge on any atom is -0.413 e. The molecule has 0 unspecified atom stereocenters. The Morgan fingerprint density at radius 2 is 1.61 bits per heavy atom. The van der Waals surface area contributed by atoms with Crippen LogP contribution < -0.4 is 4.57 Å². The standard InChI is InChI=1S/C18H23F5N3OSi/c1-18(2,3)28(4,5)27-8-10-6-7-11-24-26(9-25(10)11)17-15(22)13(20)12(19)14(21)16(17)23/h9-10H,6-8H2,1-5H3/q+1/t10-/m0/s1. The van der Waals surface area contributed by atoms with Crippen molar-refractivity contribution in [2.45, 2.75) is 57.8 Å². The van der Waals surface area contributed by atoms with Crippen LogP contribution in [0.3, 0.4) is 0 Å². The van der Waals surface area contributed by atoms with Gasteiger partial charge in [0.1, 0.15) is 6.04 Å². The van der Waals surface area contributed by atoms with E-state index < -0.39 is 43.1 Å². The number of aromatic nitrogens is 3. The number of rotatable bonds is 4. The Balaban J connectivity index is 1.91. The third-order valence-electron chi connectivity index (χ3n) is 5.71. The molecule has 28 heavy (non-hydrogen) atoms. The van der Waals surface area contributed by atoms with Crippen LogP contribution in [-0.2, 0) is 10.8 Å². The molecule has 1 aromatic carbocycles. The number of hydrogen-bond acceptors (Lipinski definition) is 2. The van der Waals surface area contributed by atoms with E-state index in [1.807, 2.05) is 0 Å². The summed E-state index contributed by atoms with van der Waals surface area (Å²) in [6, 6.07) is -0.112. The van der Waals surface area contributed by atoms with Crippen LogP contribution in [0.15, 0.2) is 6.33 Å². The van der Waals surface area contributed by atoms with E-state index in [-0.39, 0.29) is 11.1 Å². The summed E-state index contributed by atoms with van der Waals surface area (Å²) in [7, 11) is -1.99. The summed E-state index contributed by atoms with van der Waals surface area (Å²) in [6.45, 7) is 11.0. The third-order valence-corrected chi connectivity index (χ3v) is 10.2. The fourth-order valence-electron chi connectivity index (χ4n) is 2.89. The summed E-state index contributed by atoms with van der Waals surface area (Å²) in [5.74, 6) is -9.49. The van der Waals surface area contributed by atoms with Crippen LogP contribution in [-0.4, -0.2) is 24.7 Å². The largest absolute Gasteiger partial charge is 0.413 e. The lowest BCUT2D eigenvalue weighted by Gasteiger charge is -2.36. The molecule has 3 rings (SSSR count). The Morgan fingerprint density at radius 1 is 1.07 bits per heavy atom. The monoisotopic (exact) mass is 420 g/mol. The molecule has 0 fully saturated rings. The number of benzene rings is 1. The molecular formula is C18H23F5N3OSi+. The summed E-state index contributed by atoms with van der Waals surface area (Å²) >= 11 is 0. The summed E-state index contributed by atoms with van der Waals surface area (Å²) in [6.07, 6.45) is 2.52. The highest BCUT2D eigenvalue weighted by Crippen LogP contribution is 2.37. The van der Waals surface area contributed by atoms with Crippen molar-refractivity contribution in [3.8, 4) is 5.69 Å². The normalized spacial score (nSPS) is 17.3. The molecule has 1 aliphatic heterocycles. The van der Waals surface area contributed by atoms with Gasteiger partial charge in [-0.15, -0.1) is 0 Å². The van der Waals surface area contributed by atoms with Gasteiger partial charge in [-0.05, 0) is 24.6 Å². The first-order valence-electron chi connectivity index (χ1n) is 9.00. The summed E-state index contributed by atoms with van der Waals surface area (Å²) in [5.41, 5.74) is -1.08. The van der Waals surface area contributed by atoms with Crippen molar-refractivity contribution in [2.24, 2.45) is 0 Å². The molecule has 1 aromatic heterocycles. The van der Waals surface area contributed by atoms with E-state index in [0.717, 1.165) is 6.42 Å². The zero-order valence-electron chi connectivity index (χ0n) is 16.4. The molecule has 10 heteroatoms. The highest BCUT2D eigenvalue weighted by Gasteiger charge is 2.40. The predicted molar refractivity (Wildman–Crippen MR) is 94.1 cm³/mol. The Morgan fingerprint density at radius 3 is 2.14 bits per heavy atom. The number of nitrogens with zero attached hydrogens (tertiary/aromatic N) is 3. The highest BCUT2D eigenvalue weighted by molar-refractivity contribution is 6.74. The van der Waals surface area contributed by atoms with E-state index in [1.165, 1.54) is 6.33 Å². The van der Waals surface area contributed by atoms with Crippen molar-refractivity contribution in [3.63, 3.8) is 0 Å². The second-order valence-electron chi connectivity index (χ2n) is 8.57. The number of hydrogen-bond donors (Lipinski definition) is 0. The first kappa shape index (κ1) is 20.9. The minimum absolute atomic E-state index is 0.0265. The molecule has 0 saturated heterocycles. The smallest absolute Gasteiger partial charge is 0.278 e. The molecular weight excluding hydrogens is 397 g/mol. The van der Waals surface area contributed by atoms with Crippen LogP contribution >= 0.6 is 0 Å². The lowest BCUT2D eigenvalue weighted by atomic mass is 10.2. The van der Waals surface area contributed by atoms with E-state index >= 15 is 0 Å². The molecule has 0 aliphatic carbocycles. The predicted octanol–water partition coefficient (Wildman–Crippen LogP) is 4.36. The molecule has 0 N–H and O–H groups in total. The van der Waals surface area contributed by atoms with E-state index in [9.17, 15) is 22.0 Å². The second-order valence-corrected chi connectivity index (χ2v) is 13.4. The minimum atomic E-state index is -2.19. The molecule has 0 spiro atoms. The van der Waals surface area contributed by atoms with Crippen LogP contribution in [0.25, 0.3) is 5.69 Å². The SMILES string of the molecule is CC(C)(C)[Si](C)(C)OC[C@@H]1CCc2nn(-c3c(F)c(F)c(F)c(F)c3F)c[n+]21. The fourth-order valence-corrected chi connectivity index (χ4v) is 3.93. The first-order chi connectivity index (χ1) is 12.8. The van der Waals surface area contributed by atoms with Crippen LogP contribution in [0.2, 0.25) is 18.1 Å². The summed E-state index contributed by atoms with van der Waals surface area (Å²) < 4.78 is 77.0. The van der Waals surface area contributed by atoms with E-state index in [2.05, 4.69) is 39.0 Å². The Hall–Kier alpha value is -1.81. The zero-order valence-corrected chi connectivity index (χ0v) is 17.4. The Kier molecular flexibility index (Phi) is 5.16. The molecule has 1 aliphatic rings. The van der Waals surface area contributed by atoms with Gasteiger partial charge in [-0.1, -0.05) is 25.5 Å². The van der Waals surface area contributed by atoms with E-state index in [4.69, 9.17) is 4.43 Å². The van der Waals surface area contributed by atoms with Crippen molar-refractivity contribution in [1.82, 2.24) is 9.78 Å². The maximum atomic E-state index is 14.1. The van der Waals surface area contributed by atoms with Gasteiger partial charge in [0.05, 0.1) is 6.61 Å². The first-order valence-corrected chi connectivity index (χ1v) is 11.9. The van der Waals surface area contributed by atoms with Gasteiger partial charge in [-0.2, -0.15) is 8.78 Å². The van der Waals surface area contributed by atoms with Gasteiger partial charge in [0.2, 0.25) is 41.1 Å². The quantitative estimate of drug-likeness (QED) is 0.242. The highest BCUT2D eigenvalue weighted by atomic mass is 28.4. The summed E-state index contributed by atoms with van der Waals surface area (Å²) in [4.78, 5) is 0. The van der Waals surface area contributed by atoms with Gasteiger partial charge >= 0.3 is 0 Å². The molecule has 2 aromatic rings. The van der Waals surface area contributed by atoms with Crippen LogP contribution in [0.5, 0.6) is 0 Å². The number of halogens is 5. The lowest BCUT2D eigenvalue weighted by molar-refractivity contribution is -0.718. The van der Waals surface area contributed by atoms with Crippen LogP contribution in [0.4, 0.5) is 22.0 Å². The molecule has 0 bridgehead atoms. The number of aryl methyl sites for hydroxylation is 1. The van der Waals surface area contributed by atoms with Crippen molar-refractivity contribution in [1.29, 1.82) is 0 Å². The fraction of sp³-hybridized carbons (Fsp3) is 0.556. The van der Waals surface area contributed by atoms with Gasteiger partial charge < -0.3 is 4.43 Å². The maximum absolute atomic E-state index is 14.1. The van der Waals surface area contributed by atoms with Crippen molar-refractivity contribution < 1.29 is 30.9 Å². The van der Waals surface area contributed by atoms with E-state index in [1.54, 1.807) is 4.57 Å². The second kappa shape index (κ2) is 6.91. The van der Waals surface area contributed by atoms with E-state index in [0.29, 0.717) is 23.5 Å². The molecule has 0 amide bonds.